The van der Waals surface area contributed by atoms with E-state index in [1.165, 1.54) is 0 Å². The van der Waals surface area contributed by atoms with E-state index in [2.05, 4.69) is 10.6 Å². The number of carbonyl (C=O) groups is 3. The van der Waals surface area contributed by atoms with Crippen molar-refractivity contribution in [3.8, 4) is 5.75 Å². The van der Waals surface area contributed by atoms with Gasteiger partial charge in [-0.05, 0) is 31.5 Å². The second-order valence-corrected chi connectivity index (χ2v) is 6.04. The molecule has 0 fully saturated rings. The summed E-state index contributed by atoms with van der Waals surface area (Å²) in [4.78, 5) is 36.3. The van der Waals surface area contributed by atoms with Crippen LogP contribution in [-0.4, -0.2) is 31.1 Å². The molecule has 0 aliphatic rings. The second-order valence-electron chi connectivity index (χ2n) is 6.04. The molecule has 2 rings (SSSR count). The minimum atomic E-state index is -1.23. The van der Waals surface area contributed by atoms with Gasteiger partial charge in [-0.1, -0.05) is 42.5 Å². The summed E-state index contributed by atoms with van der Waals surface area (Å²) in [6.45, 7) is 4.15. The zero-order valence-electron chi connectivity index (χ0n) is 15.9. The summed E-state index contributed by atoms with van der Waals surface area (Å²) in [7, 11) is 0. The maximum absolute atomic E-state index is 12.4. The Hall–Kier alpha value is -3.35. The molecule has 2 N–H and O–H groups in total. The lowest BCUT2D eigenvalue weighted by Gasteiger charge is -2.18. The highest BCUT2D eigenvalue weighted by molar-refractivity contribution is 5.97. The second kappa shape index (κ2) is 10.7. The van der Waals surface area contributed by atoms with Gasteiger partial charge in [0, 0.05) is 12.1 Å². The van der Waals surface area contributed by atoms with Crippen LogP contribution in [-0.2, 0) is 14.3 Å². The topological polar surface area (TPSA) is 93.7 Å². The summed E-state index contributed by atoms with van der Waals surface area (Å²) in [5.41, 5.74) is 1.52. The Morgan fingerprint density at radius 3 is 2.46 bits per heavy atom. The molecule has 7 nitrogen and oxygen atoms in total. The maximum atomic E-state index is 12.4. The van der Waals surface area contributed by atoms with Crippen molar-refractivity contribution in [1.82, 2.24) is 10.6 Å². The SMILES string of the molecule is CCNC(=O)NC(=O)[C@@H](OC(=O)CCOc1cccc(C)c1)c1ccccc1. The molecule has 2 aromatic carbocycles. The number of ether oxygens (including phenoxy) is 2. The van der Waals surface area contributed by atoms with Crippen molar-refractivity contribution >= 4 is 17.9 Å². The number of imide groups is 1. The first-order valence-electron chi connectivity index (χ1n) is 9.02. The van der Waals surface area contributed by atoms with E-state index < -0.39 is 24.0 Å². The number of rotatable bonds is 8. The van der Waals surface area contributed by atoms with Gasteiger partial charge >= 0.3 is 12.0 Å². The third-order valence-corrected chi connectivity index (χ3v) is 3.73. The van der Waals surface area contributed by atoms with Crippen molar-refractivity contribution in [3.63, 3.8) is 0 Å². The van der Waals surface area contributed by atoms with Gasteiger partial charge in [-0.25, -0.2) is 4.79 Å². The van der Waals surface area contributed by atoms with Crippen molar-refractivity contribution < 1.29 is 23.9 Å². The van der Waals surface area contributed by atoms with Crippen LogP contribution >= 0.6 is 0 Å². The van der Waals surface area contributed by atoms with Crippen LogP contribution in [0.25, 0.3) is 0 Å². The third-order valence-electron chi connectivity index (χ3n) is 3.73. The van der Waals surface area contributed by atoms with Gasteiger partial charge in [-0.15, -0.1) is 0 Å². The summed E-state index contributed by atoms with van der Waals surface area (Å²) in [6, 6.07) is 15.3. The molecule has 0 heterocycles. The number of hydrogen-bond donors (Lipinski definition) is 2. The average Bonchev–Trinajstić information content (AvgIpc) is 2.67. The van der Waals surface area contributed by atoms with Crippen LogP contribution in [0, 0.1) is 6.92 Å². The number of urea groups is 1. The first kappa shape index (κ1) is 21.0. The van der Waals surface area contributed by atoms with E-state index in [-0.39, 0.29) is 13.0 Å². The van der Waals surface area contributed by atoms with Crippen molar-refractivity contribution in [2.24, 2.45) is 0 Å². The van der Waals surface area contributed by atoms with Crippen molar-refractivity contribution in [2.45, 2.75) is 26.4 Å². The molecule has 0 unspecified atom stereocenters. The highest BCUT2D eigenvalue weighted by Crippen LogP contribution is 2.19. The van der Waals surface area contributed by atoms with Gasteiger partial charge in [0.05, 0.1) is 13.0 Å². The van der Waals surface area contributed by atoms with Crippen molar-refractivity contribution in [2.75, 3.05) is 13.2 Å². The Kier molecular flexibility index (Phi) is 8.02. The Bertz CT molecular complexity index is 807. The van der Waals surface area contributed by atoms with E-state index in [1.54, 1.807) is 43.3 Å². The Morgan fingerprint density at radius 1 is 1.04 bits per heavy atom. The molecular weight excluding hydrogens is 360 g/mol. The summed E-state index contributed by atoms with van der Waals surface area (Å²) < 4.78 is 10.9. The van der Waals surface area contributed by atoms with Crippen LogP contribution in [0.4, 0.5) is 4.79 Å². The Balaban J connectivity index is 1.96. The molecule has 0 aliphatic heterocycles. The number of carbonyl (C=O) groups excluding carboxylic acids is 3. The van der Waals surface area contributed by atoms with E-state index in [0.29, 0.717) is 17.9 Å². The van der Waals surface area contributed by atoms with E-state index in [1.807, 2.05) is 25.1 Å². The molecule has 1 atom stereocenters. The molecule has 0 aromatic heterocycles. The average molecular weight is 384 g/mol. The molecule has 7 heteroatoms. The number of aryl methyl sites for hydroxylation is 1. The lowest BCUT2D eigenvalue weighted by Crippen LogP contribution is -2.42. The van der Waals surface area contributed by atoms with Crippen LogP contribution in [0.5, 0.6) is 5.75 Å². The van der Waals surface area contributed by atoms with Crippen LogP contribution in [0.1, 0.15) is 30.6 Å². The van der Waals surface area contributed by atoms with Crippen molar-refractivity contribution in [1.29, 1.82) is 0 Å². The molecule has 0 bridgehead atoms. The number of benzene rings is 2. The van der Waals surface area contributed by atoms with Gasteiger partial charge in [0.1, 0.15) is 5.75 Å². The predicted octanol–water partition coefficient (Wildman–Crippen LogP) is 2.89. The minimum Gasteiger partial charge on any atom is -0.493 e. The van der Waals surface area contributed by atoms with Crippen LogP contribution in [0.2, 0.25) is 0 Å². The number of nitrogens with one attached hydrogen (secondary N) is 2. The molecule has 3 amide bonds. The fraction of sp³-hybridized carbons (Fsp3) is 0.286. The summed E-state index contributed by atoms with van der Waals surface area (Å²) >= 11 is 0. The molecular formula is C21H24N2O5. The number of hydrogen-bond acceptors (Lipinski definition) is 5. The largest absolute Gasteiger partial charge is 0.493 e. The molecule has 0 radical (unpaired) electrons. The van der Waals surface area contributed by atoms with Crippen LogP contribution in [0.3, 0.4) is 0 Å². The molecule has 0 saturated carbocycles. The predicted molar refractivity (Wildman–Crippen MR) is 104 cm³/mol. The molecule has 0 spiro atoms. The molecule has 2 aromatic rings. The molecule has 28 heavy (non-hydrogen) atoms. The minimum absolute atomic E-state index is 0.0360. The van der Waals surface area contributed by atoms with Gasteiger partial charge in [0.2, 0.25) is 6.10 Å². The van der Waals surface area contributed by atoms with Crippen molar-refractivity contribution in [3.05, 3.63) is 65.7 Å². The van der Waals surface area contributed by atoms with E-state index in [0.717, 1.165) is 5.56 Å². The fourth-order valence-electron chi connectivity index (χ4n) is 2.43. The van der Waals surface area contributed by atoms with E-state index in [4.69, 9.17) is 9.47 Å². The van der Waals surface area contributed by atoms with Gasteiger partial charge in [0.15, 0.2) is 0 Å². The normalized spacial score (nSPS) is 11.2. The summed E-state index contributed by atoms with van der Waals surface area (Å²) in [5.74, 6) is -0.668. The zero-order valence-corrected chi connectivity index (χ0v) is 15.9. The lowest BCUT2D eigenvalue weighted by atomic mass is 10.1. The maximum Gasteiger partial charge on any atom is 0.321 e. The molecule has 148 valence electrons. The fourth-order valence-corrected chi connectivity index (χ4v) is 2.43. The quantitative estimate of drug-likeness (QED) is 0.683. The van der Waals surface area contributed by atoms with Crippen LogP contribution < -0.4 is 15.4 Å². The first-order valence-corrected chi connectivity index (χ1v) is 9.02. The summed E-state index contributed by atoms with van der Waals surface area (Å²) in [5, 5.41) is 4.64. The standard InChI is InChI=1S/C21H24N2O5/c1-3-22-21(26)23-20(25)19(16-9-5-4-6-10-16)28-18(24)12-13-27-17-11-7-8-15(2)14-17/h4-11,14,19H,3,12-13H2,1-2H3,(H2,22,23,25,26)/t19-/m0/s1. The van der Waals surface area contributed by atoms with E-state index in [9.17, 15) is 14.4 Å². The van der Waals surface area contributed by atoms with Gasteiger partial charge < -0.3 is 14.8 Å². The molecule has 0 saturated heterocycles. The molecule has 0 aliphatic carbocycles. The zero-order chi connectivity index (χ0) is 20.4. The number of amides is 3. The highest BCUT2D eigenvalue weighted by Gasteiger charge is 2.26. The monoisotopic (exact) mass is 384 g/mol. The van der Waals surface area contributed by atoms with Gasteiger partial charge in [-0.3, -0.25) is 14.9 Å². The number of esters is 1. The van der Waals surface area contributed by atoms with Crippen LogP contribution in [0.15, 0.2) is 54.6 Å². The highest BCUT2D eigenvalue weighted by atomic mass is 16.6. The summed E-state index contributed by atoms with van der Waals surface area (Å²) in [6.07, 6.45) is -1.26. The van der Waals surface area contributed by atoms with Gasteiger partial charge in [0.25, 0.3) is 5.91 Å². The lowest BCUT2D eigenvalue weighted by molar-refractivity contribution is -0.156. The third kappa shape index (κ3) is 6.75. The van der Waals surface area contributed by atoms with E-state index >= 15 is 0 Å². The first-order chi connectivity index (χ1) is 13.5. The Labute approximate surface area is 164 Å². The smallest absolute Gasteiger partial charge is 0.321 e. The Morgan fingerprint density at radius 2 is 1.79 bits per heavy atom. The van der Waals surface area contributed by atoms with Gasteiger partial charge in [-0.2, -0.15) is 0 Å².